The molecule has 0 aliphatic carbocycles. The first-order chi connectivity index (χ1) is 12.7. The molecule has 3 heterocycles. The molecule has 8 nitrogen and oxygen atoms in total. The highest BCUT2D eigenvalue weighted by Gasteiger charge is 2.09. The van der Waals surface area contributed by atoms with Crippen molar-refractivity contribution in [2.75, 3.05) is 5.32 Å². The van der Waals surface area contributed by atoms with E-state index in [0.29, 0.717) is 18.2 Å². The molecular weight excluding hydrogens is 332 g/mol. The number of aromatic nitrogens is 5. The lowest BCUT2D eigenvalue weighted by molar-refractivity contribution is 0.0697. The molecule has 3 aromatic heterocycles. The summed E-state index contributed by atoms with van der Waals surface area (Å²) in [5, 5.41) is 16.4. The molecule has 1 aromatic carbocycles. The summed E-state index contributed by atoms with van der Waals surface area (Å²) in [6.45, 7) is 0.481. The van der Waals surface area contributed by atoms with Gasteiger partial charge < -0.3 is 10.4 Å². The Kier molecular flexibility index (Phi) is 3.98. The van der Waals surface area contributed by atoms with Gasteiger partial charge in [0, 0.05) is 18.9 Å². The molecule has 0 unspecified atom stereocenters. The van der Waals surface area contributed by atoms with Gasteiger partial charge in [0.05, 0.1) is 17.5 Å². The van der Waals surface area contributed by atoms with Gasteiger partial charge in [-0.15, -0.1) is 0 Å². The van der Waals surface area contributed by atoms with Crippen LogP contribution >= 0.6 is 0 Å². The highest BCUT2D eigenvalue weighted by Crippen LogP contribution is 2.18. The SMILES string of the molecule is O=C(O)c1ccc(CNc2nccc(-c3cnc4cccnn34)n2)cc1. The fourth-order valence-corrected chi connectivity index (χ4v) is 2.54. The molecule has 0 radical (unpaired) electrons. The molecule has 0 bridgehead atoms. The van der Waals surface area contributed by atoms with Crippen LogP contribution in [0.4, 0.5) is 5.95 Å². The number of hydrogen-bond acceptors (Lipinski definition) is 6. The maximum atomic E-state index is 10.9. The number of nitrogens with one attached hydrogen (secondary N) is 1. The Bertz CT molecular complexity index is 1070. The van der Waals surface area contributed by atoms with E-state index in [9.17, 15) is 4.79 Å². The van der Waals surface area contributed by atoms with Crippen LogP contribution in [0.15, 0.2) is 61.1 Å². The largest absolute Gasteiger partial charge is 0.478 e. The first-order valence-electron chi connectivity index (χ1n) is 7.89. The average Bonchev–Trinajstić information content (AvgIpc) is 3.11. The summed E-state index contributed by atoms with van der Waals surface area (Å²) >= 11 is 0. The molecule has 0 fully saturated rings. The van der Waals surface area contributed by atoms with Crippen LogP contribution < -0.4 is 5.32 Å². The molecule has 0 spiro atoms. The molecular formula is C18H14N6O2. The summed E-state index contributed by atoms with van der Waals surface area (Å²) in [5.41, 5.74) is 3.41. The third kappa shape index (κ3) is 3.07. The highest BCUT2D eigenvalue weighted by molar-refractivity contribution is 5.87. The minimum atomic E-state index is -0.942. The summed E-state index contributed by atoms with van der Waals surface area (Å²) in [6, 6.07) is 12.2. The summed E-state index contributed by atoms with van der Waals surface area (Å²) in [5.74, 6) is -0.474. The fourth-order valence-electron chi connectivity index (χ4n) is 2.54. The maximum Gasteiger partial charge on any atom is 0.335 e. The van der Waals surface area contributed by atoms with Gasteiger partial charge >= 0.3 is 5.97 Å². The van der Waals surface area contributed by atoms with E-state index in [4.69, 9.17) is 5.11 Å². The Morgan fingerprint density at radius 3 is 2.73 bits per heavy atom. The van der Waals surface area contributed by atoms with Crippen LogP contribution in [-0.2, 0) is 6.54 Å². The number of rotatable bonds is 5. The van der Waals surface area contributed by atoms with Gasteiger partial charge in [0.2, 0.25) is 5.95 Å². The van der Waals surface area contributed by atoms with Crippen LogP contribution in [0, 0.1) is 0 Å². The number of carboxylic acid groups (broad SMARTS) is 1. The van der Waals surface area contributed by atoms with Gasteiger partial charge in [0.15, 0.2) is 5.65 Å². The molecule has 4 rings (SSSR count). The van der Waals surface area contributed by atoms with Crippen molar-refractivity contribution in [1.29, 1.82) is 0 Å². The standard InChI is InChI=1S/C18H14N6O2/c25-17(26)13-5-3-12(4-6-13)10-21-18-19-9-7-14(23-18)15-11-20-16-2-1-8-22-24(15)16/h1-9,11H,10H2,(H,25,26)(H,19,21,23). The molecule has 0 saturated carbocycles. The van der Waals surface area contributed by atoms with Crippen molar-refractivity contribution in [2.45, 2.75) is 6.54 Å². The van der Waals surface area contributed by atoms with Crippen molar-refractivity contribution in [3.63, 3.8) is 0 Å². The lowest BCUT2D eigenvalue weighted by Crippen LogP contribution is -2.05. The van der Waals surface area contributed by atoms with E-state index in [2.05, 4.69) is 25.4 Å². The molecule has 26 heavy (non-hydrogen) atoms. The number of carbonyl (C=O) groups is 1. The zero-order chi connectivity index (χ0) is 17.9. The topological polar surface area (TPSA) is 105 Å². The van der Waals surface area contributed by atoms with Gasteiger partial charge in [0.25, 0.3) is 0 Å². The first-order valence-corrected chi connectivity index (χ1v) is 7.89. The molecule has 8 heteroatoms. The normalized spacial score (nSPS) is 10.8. The molecule has 0 atom stereocenters. The monoisotopic (exact) mass is 346 g/mol. The summed E-state index contributed by atoms with van der Waals surface area (Å²) in [7, 11) is 0. The van der Waals surface area contributed by atoms with E-state index in [-0.39, 0.29) is 5.56 Å². The highest BCUT2D eigenvalue weighted by atomic mass is 16.4. The van der Waals surface area contributed by atoms with E-state index in [1.54, 1.807) is 53.4 Å². The summed E-state index contributed by atoms with van der Waals surface area (Å²) < 4.78 is 1.72. The van der Waals surface area contributed by atoms with Gasteiger partial charge in [-0.2, -0.15) is 5.10 Å². The molecule has 0 aliphatic rings. The Labute approximate surface area is 148 Å². The predicted molar refractivity (Wildman–Crippen MR) is 94.7 cm³/mol. The lowest BCUT2D eigenvalue weighted by atomic mass is 10.1. The zero-order valence-corrected chi connectivity index (χ0v) is 13.6. The zero-order valence-electron chi connectivity index (χ0n) is 13.6. The minimum Gasteiger partial charge on any atom is -0.478 e. The van der Waals surface area contributed by atoms with E-state index >= 15 is 0 Å². The van der Waals surface area contributed by atoms with Gasteiger partial charge in [-0.25, -0.2) is 24.3 Å². The third-order valence-corrected chi connectivity index (χ3v) is 3.85. The van der Waals surface area contributed by atoms with E-state index in [1.165, 1.54) is 0 Å². The molecule has 0 amide bonds. The quantitative estimate of drug-likeness (QED) is 0.572. The molecule has 0 aliphatic heterocycles. The number of fused-ring (bicyclic) bond motifs is 1. The number of aromatic carboxylic acids is 1. The maximum absolute atomic E-state index is 10.9. The molecule has 0 saturated heterocycles. The number of benzene rings is 1. The number of imidazole rings is 1. The van der Waals surface area contributed by atoms with Crippen molar-refractivity contribution in [2.24, 2.45) is 0 Å². The van der Waals surface area contributed by atoms with Crippen LogP contribution in [0.25, 0.3) is 17.0 Å². The van der Waals surface area contributed by atoms with E-state index < -0.39 is 5.97 Å². The smallest absolute Gasteiger partial charge is 0.335 e. The van der Waals surface area contributed by atoms with Gasteiger partial charge in [-0.1, -0.05) is 12.1 Å². The molecule has 128 valence electrons. The van der Waals surface area contributed by atoms with E-state index in [1.807, 2.05) is 12.1 Å². The van der Waals surface area contributed by atoms with Crippen molar-refractivity contribution in [3.8, 4) is 11.4 Å². The Hall–Kier alpha value is -3.81. The van der Waals surface area contributed by atoms with Crippen molar-refractivity contribution >= 4 is 17.6 Å². The second-order valence-electron chi connectivity index (χ2n) is 5.56. The van der Waals surface area contributed by atoms with Crippen LogP contribution in [0.1, 0.15) is 15.9 Å². The van der Waals surface area contributed by atoms with Crippen molar-refractivity contribution < 1.29 is 9.90 Å². The fraction of sp³-hybridized carbons (Fsp3) is 0.0556. The summed E-state index contributed by atoms with van der Waals surface area (Å²) in [6.07, 6.45) is 5.08. The summed E-state index contributed by atoms with van der Waals surface area (Å²) in [4.78, 5) is 23.9. The number of hydrogen-bond donors (Lipinski definition) is 2. The van der Waals surface area contributed by atoms with Crippen LogP contribution in [0.5, 0.6) is 0 Å². The van der Waals surface area contributed by atoms with Gasteiger partial charge in [0.1, 0.15) is 5.69 Å². The van der Waals surface area contributed by atoms with Crippen LogP contribution in [-0.4, -0.2) is 35.6 Å². The molecule has 2 N–H and O–H groups in total. The Balaban J connectivity index is 1.53. The first kappa shape index (κ1) is 15.7. The number of carboxylic acids is 1. The minimum absolute atomic E-state index is 0.257. The van der Waals surface area contributed by atoms with Crippen LogP contribution in [0.2, 0.25) is 0 Å². The number of nitrogens with zero attached hydrogens (tertiary/aromatic N) is 5. The number of anilines is 1. The van der Waals surface area contributed by atoms with Gasteiger partial charge in [-0.3, -0.25) is 0 Å². The van der Waals surface area contributed by atoms with Crippen molar-refractivity contribution in [1.82, 2.24) is 24.6 Å². The second-order valence-corrected chi connectivity index (χ2v) is 5.56. The third-order valence-electron chi connectivity index (χ3n) is 3.85. The second kappa shape index (κ2) is 6.60. The van der Waals surface area contributed by atoms with Gasteiger partial charge in [-0.05, 0) is 35.9 Å². The predicted octanol–water partition coefficient (Wildman–Crippen LogP) is 2.50. The Morgan fingerprint density at radius 1 is 1.08 bits per heavy atom. The Morgan fingerprint density at radius 2 is 1.92 bits per heavy atom. The molecule has 4 aromatic rings. The van der Waals surface area contributed by atoms with E-state index in [0.717, 1.165) is 16.9 Å². The lowest BCUT2D eigenvalue weighted by Gasteiger charge is -2.07. The average molecular weight is 346 g/mol. The van der Waals surface area contributed by atoms with Crippen LogP contribution in [0.3, 0.4) is 0 Å². The van der Waals surface area contributed by atoms with Crippen molar-refractivity contribution in [3.05, 3.63) is 72.2 Å².